The molecule has 4 nitrogen and oxygen atoms in total. The molecule has 2 aliphatic carbocycles. The van der Waals surface area contributed by atoms with Crippen molar-refractivity contribution < 1.29 is 14.3 Å². The van der Waals surface area contributed by atoms with E-state index in [2.05, 4.69) is 51.7 Å². The van der Waals surface area contributed by atoms with Gasteiger partial charge >= 0.3 is 5.97 Å². The van der Waals surface area contributed by atoms with Crippen LogP contribution in [0.5, 0.6) is 0 Å². The first-order valence-corrected chi connectivity index (χ1v) is 12.6. The van der Waals surface area contributed by atoms with Gasteiger partial charge in [0.25, 0.3) is 0 Å². The summed E-state index contributed by atoms with van der Waals surface area (Å²) >= 11 is 0. The van der Waals surface area contributed by atoms with E-state index in [1.807, 2.05) is 18.5 Å². The maximum absolute atomic E-state index is 11.6. The molecule has 1 saturated carbocycles. The van der Waals surface area contributed by atoms with Crippen molar-refractivity contribution in [3.05, 3.63) is 36.2 Å². The summed E-state index contributed by atoms with van der Waals surface area (Å²) < 4.78 is 12.1. The van der Waals surface area contributed by atoms with Crippen LogP contribution in [-0.4, -0.2) is 28.8 Å². The van der Waals surface area contributed by atoms with Gasteiger partial charge in [-0.3, -0.25) is 9.78 Å². The van der Waals surface area contributed by atoms with Gasteiger partial charge in [0.2, 0.25) is 0 Å². The van der Waals surface area contributed by atoms with Crippen molar-refractivity contribution >= 4 is 11.5 Å². The standard InChI is InChI=1S/C28H41NO3/c1-7-25-28(32-25)17-23(31-21(4)30)13-15-27(28,6)20(3)12-14-26(5)19(2)10-11-24(26)22-9-8-16-29-18-22/h8-9,11,16,18-20,23,25H,7,10,12-15,17H2,1-6H3/t19?,20?,23-,25+,26-,27+,28+/m0/s1. The highest BCUT2D eigenvalue weighted by molar-refractivity contribution is 5.72. The highest BCUT2D eigenvalue weighted by Gasteiger charge is 2.69. The monoisotopic (exact) mass is 439 g/mol. The van der Waals surface area contributed by atoms with Crippen molar-refractivity contribution in [1.82, 2.24) is 4.98 Å². The van der Waals surface area contributed by atoms with Crippen LogP contribution < -0.4 is 0 Å². The predicted molar refractivity (Wildman–Crippen MR) is 128 cm³/mol. The minimum Gasteiger partial charge on any atom is -0.462 e. The third kappa shape index (κ3) is 3.83. The van der Waals surface area contributed by atoms with Crippen molar-refractivity contribution in [2.75, 3.05) is 0 Å². The summed E-state index contributed by atoms with van der Waals surface area (Å²) in [5.74, 6) is 0.998. The Balaban J connectivity index is 1.50. The highest BCUT2D eigenvalue weighted by Crippen LogP contribution is 2.64. The van der Waals surface area contributed by atoms with Crippen LogP contribution in [0.2, 0.25) is 0 Å². The third-order valence-corrected chi connectivity index (χ3v) is 9.54. The van der Waals surface area contributed by atoms with Gasteiger partial charge in [0.05, 0.1) is 6.10 Å². The number of carbonyl (C=O) groups is 1. The number of nitrogens with zero attached hydrogens (tertiary/aromatic N) is 1. The number of allylic oxidation sites excluding steroid dienone is 2. The Kier molecular flexibility index (Phi) is 6.30. The van der Waals surface area contributed by atoms with Gasteiger partial charge in [-0.2, -0.15) is 0 Å². The van der Waals surface area contributed by atoms with E-state index in [1.54, 1.807) is 0 Å². The van der Waals surface area contributed by atoms with Gasteiger partial charge in [0.15, 0.2) is 0 Å². The Morgan fingerprint density at radius 1 is 1.38 bits per heavy atom. The summed E-state index contributed by atoms with van der Waals surface area (Å²) in [5.41, 5.74) is 2.89. The second-order valence-electron chi connectivity index (χ2n) is 11.1. The Morgan fingerprint density at radius 2 is 2.16 bits per heavy atom. The maximum Gasteiger partial charge on any atom is 0.302 e. The molecule has 176 valence electrons. The summed E-state index contributed by atoms with van der Waals surface area (Å²) in [5, 5.41) is 0. The van der Waals surface area contributed by atoms with Crippen LogP contribution in [0.15, 0.2) is 30.6 Å². The van der Waals surface area contributed by atoms with Crippen LogP contribution >= 0.6 is 0 Å². The second kappa shape index (κ2) is 8.59. The number of rotatable bonds is 7. The van der Waals surface area contributed by atoms with Crippen molar-refractivity contribution in [2.24, 2.45) is 22.7 Å². The van der Waals surface area contributed by atoms with Gasteiger partial charge in [-0.25, -0.2) is 0 Å². The predicted octanol–water partition coefficient (Wildman–Crippen LogP) is 6.60. The van der Waals surface area contributed by atoms with Crippen LogP contribution in [0, 0.1) is 22.7 Å². The molecule has 3 aliphatic rings. The van der Waals surface area contributed by atoms with E-state index >= 15 is 0 Å². The van der Waals surface area contributed by atoms with Gasteiger partial charge in [-0.15, -0.1) is 0 Å². The van der Waals surface area contributed by atoms with E-state index in [0.717, 1.165) is 32.1 Å². The Bertz CT molecular complexity index is 867. The number of esters is 1. The molecule has 7 atom stereocenters. The van der Waals surface area contributed by atoms with Crippen molar-refractivity contribution in [1.29, 1.82) is 0 Å². The zero-order valence-electron chi connectivity index (χ0n) is 20.8. The number of ether oxygens (including phenoxy) is 2. The minimum absolute atomic E-state index is 0.00295. The Morgan fingerprint density at radius 3 is 2.78 bits per heavy atom. The topological polar surface area (TPSA) is 51.7 Å². The normalized spacial score (nSPS) is 39.6. The van der Waals surface area contributed by atoms with Gasteiger partial charge < -0.3 is 9.47 Å². The van der Waals surface area contributed by atoms with Crippen molar-refractivity contribution in [3.8, 4) is 0 Å². The number of pyridine rings is 1. The molecule has 1 saturated heterocycles. The fourth-order valence-electron chi connectivity index (χ4n) is 6.90. The van der Waals surface area contributed by atoms with E-state index in [-0.39, 0.29) is 28.5 Å². The molecule has 32 heavy (non-hydrogen) atoms. The molecular formula is C28H41NO3. The SMILES string of the molecule is CC[C@H]1O[C@]12C[C@@H](OC(C)=O)CC[C@]2(C)C(C)CC[C@]1(C)C(c2cccnc2)=CCC1C. The maximum atomic E-state index is 11.6. The average Bonchev–Trinajstić information content (AvgIpc) is 3.40. The molecule has 2 heterocycles. The van der Waals surface area contributed by atoms with Crippen LogP contribution in [0.1, 0.15) is 92.1 Å². The summed E-state index contributed by atoms with van der Waals surface area (Å²) in [7, 11) is 0. The Labute approximate surface area is 194 Å². The van der Waals surface area contributed by atoms with Gasteiger partial charge in [0.1, 0.15) is 11.7 Å². The van der Waals surface area contributed by atoms with E-state index in [0.29, 0.717) is 17.9 Å². The first kappa shape index (κ1) is 23.5. The van der Waals surface area contributed by atoms with Crippen molar-refractivity contribution in [3.63, 3.8) is 0 Å². The lowest BCUT2D eigenvalue weighted by atomic mass is 9.57. The van der Waals surface area contributed by atoms with Gasteiger partial charge in [-0.05, 0) is 73.0 Å². The minimum atomic E-state index is -0.173. The fraction of sp³-hybridized carbons (Fsp3) is 0.714. The molecule has 1 aliphatic heterocycles. The molecule has 1 spiro atoms. The molecule has 4 rings (SSSR count). The first-order valence-electron chi connectivity index (χ1n) is 12.6. The zero-order chi connectivity index (χ0) is 23.1. The van der Waals surface area contributed by atoms with Crippen LogP contribution in [0.3, 0.4) is 0 Å². The molecule has 0 radical (unpaired) electrons. The van der Waals surface area contributed by atoms with Crippen LogP contribution in [0.4, 0.5) is 0 Å². The van der Waals surface area contributed by atoms with Crippen LogP contribution in [-0.2, 0) is 14.3 Å². The van der Waals surface area contributed by atoms with Gasteiger partial charge in [-0.1, -0.05) is 46.8 Å². The number of hydrogen-bond acceptors (Lipinski definition) is 4. The molecule has 1 aromatic heterocycles. The lowest BCUT2D eigenvalue weighted by molar-refractivity contribution is -0.152. The first-order chi connectivity index (χ1) is 15.2. The number of aromatic nitrogens is 1. The number of carbonyl (C=O) groups excluding carboxylic acids is 1. The molecule has 0 N–H and O–H groups in total. The number of hydrogen-bond donors (Lipinski definition) is 0. The molecule has 0 bridgehead atoms. The fourth-order valence-corrected chi connectivity index (χ4v) is 6.90. The molecule has 1 aromatic rings. The van der Waals surface area contributed by atoms with E-state index in [9.17, 15) is 4.79 Å². The average molecular weight is 440 g/mol. The Hall–Kier alpha value is -1.68. The van der Waals surface area contributed by atoms with Crippen molar-refractivity contribution in [2.45, 2.75) is 104 Å². The van der Waals surface area contributed by atoms with Crippen LogP contribution in [0.25, 0.3) is 5.57 Å². The molecule has 2 unspecified atom stereocenters. The molecule has 0 aromatic carbocycles. The van der Waals surface area contributed by atoms with E-state index in [1.165, 1.54) is 30.9 Å². The summed E-state index contributed by atoms with van der Waals surface area (Å²) in [6.07, 6.45) is 14.0. The summed E-state index contributed by atoms with van der Waals surface area (Å²) in [6, 6.07) is 4.25. The largest absolute Gasteiger partial charge is 0.462 e. The molecule has 4 heteroatoms. The highest BCUT2D eigenvalue weighted by atomic mass is 16.6. The van der Waals surface area contributed by atoms with E-state index in [4.69, 9.17) is 9.47 Å². The second-order valence-corrected chi connectivity index (χ2v) is 11.1. The zero-order valence-corrected chi connectivity index (χ0v) is 20.8. The summed E-state index contributed by atoms with van der Waals surface area (Å²) in [6.45, 7) is 13.5. The van der Waals surface area contributed by atoms with Gasteiger partial charge in [0, 0.05) is 31.2 Å². The summed E-state index contributed by atoms with van der Waals surface area (Å²) in [4.78, 5) is 16.0. The lowest BCUT2D eigenvalue weighted by Crippen LogP contribution is -2.50. The molecule has 2 fully saturated rings. The molecule has 0 amide bonds. The quantitative estimate of drug-likeness (QED) is 0.355. The third-order valence-electron chi connectivity index (χ3n) is 9.54. The van der Waals surface area contributed by atoms with E-state index < -0.39 is 0 Å². The smallest absolute Gasteiger partial charge is 0.302 e. The molecular weight excluding hydrogens is 398 g/mol. The number of epoxide rings is 1. The lowest BCUT2D eigenvalue weighted by Gasteiger charge is -2.48.